The van der Waals surface area contributed by atoms with Crippen molar-refractivity contribution in [3.05, 3.63) is 65.2 Å². The van der Waals surface area contributed by atoms with Crippen LogP contribution in [0.3, 0.4) is 0 Å². The second kappa shape index (κ2) is 7.86. The van der Waals surface area contributed by atoms with Crippen molar-refractivity contribution in [3.63, 3.8) is 0 Å². The van der Waals surface area contributed by atoms with Gasteiger partial charge in [-0.05, 0) is 25.0 Å². The number of nitrogens with zero attached hydrogens (tertiary/aromatic N) is 6. The highest BCUT2D eigenvalue weighted by atomic mass is 16.2. The lowest BCUT2D eigenvalue weighted by Crippen LogP contribution is -2.41. The molecule has 1 atom stereocenters. The Bertz CT molecular complexity index is 1020. The maximum absolute atomic E-state index is 12.7. The summed E-state index contributed by atoms with van der Waals surface area (Å²) >= 11 is 0. The fraction of sp³-hybridized carbons (Fsp3) is 0.350. The van der Waals surface area contributed by atoms with Crippen molar-refractivity contribution in [1.29, 1.82) is 0 Å². The van der Waals surface area contributed by atoms with Crippen LogP contribution in [0.5, 0.6) is 0 Å². The van der Waals surface area contributed by atoms with Crippen molar-refractivity contribution >= 4 is 11.8 Å². The predicted octanol–water partition coefficient (Wildman–Crippen LogP) is 1.20. The average Bonchev–Trinajstić information content (AvgIpc) is 3.31. The van der Waals surface area contributed by atoms with Gasteiger partial charge in [0.15, 0.2) is 0 Å². The molecular formula is C20H23N7O2. The molecule has 0 bridgehead atoms. The Morgan fingerprint density at radius 3 is 2.79 bits per heavy atom. The van der Waals surface area contributed by atoms with Crippen LogP contribution in [0.1, 0.15) is 35.5 Å². The Labute approximate surface area is 168 Å². The average molecular weight is 393 g/mol. The van der Waals surface area contributed by atoms with Crippen LogP contribution < -0.4 is 5.32 Å². The van der Waals surface area contributed by atoms with E-state index in [-0.39, 0.29) is 24.9 Å². The van der Waals surface area contributed by atoms with Crippen LogP contribution >= 0.6 is 0 Å². The van der Waals surface area contributed by atoms with E-state index in [1.165, 1.54) is 0 Å². The first-order valence-corrected chi connectivity index (χ1v) is 9.52. The Hall–Kier alpha value is -3.49. The topological polar surface area (TPSA) is 97.9 Å². The van der Waals surface area contributed by atoms with E-state index in [9.17, 15) is 9.59 Å². The van der Waals surface area contributed by atoms with Gasteiger partial charge in [0, 0.05) is 12.7 Å². The van der Waals surface area contributed by atoms with E-state index in [1.807, 2.05) is 50.4 Å². The second-order valence-corrected chi connectivity index (χ2v) is 7.28. The van der Waals surface area contributed by atoms with Crippen molar-refractivity contribution in [2.24, 2.45) is 0 Å². The molecular weight excluding hydrogens is 370 g/mol. The summed E-state index contributed by atoms with van der Waals surface area (Å²) in [7, 11) is 0. The number of rotatable bonds is 6. The summed E-state index contributed by atoms with van der Waals surface area (Å²) in [5.41, 5.74) is 3.59. The number of hydrogen-bond acceptors (Lipinski definition) is 5. The van der Waals surface area contributed by atoms with Crippen molar-refractivity contribution < 1.29 is 9.59 Å². The van der Waals surface area contributed by atoms with E-state index in [0.29, 0.717) is 18.8 Å². The van der Waals surface area contributed by atoms with Crippen molar-refractivity contribution in [1.82, 2.24) is 35.0 Å². The van der Waals surface area contributed by atoms with Crippen molar-refractivity contribution in [2.45, 2.75) is 46.1 Å². The summed E-state index contributed by atoms with van der Waals surface area (Å²) in [6, 6.07) is 9.45. The molecule has 9 nitrogen and oxygen atoms in total. The van der Waals surface area contributed by atoms with Crippen molar-refractivity contribution in [2.75, 3.05) is 0 Å². The van der Waals surface area contributed by atoms with Crippen LogP contribution in [-0.2, 0) is 35.8 Å². The molecule has 3 aromatic rings. The fourth-order valence-corrected chi connectivity index (χ4v) is 3.46. The minimum atomic E-state index is -0.425. The smallest absolute Gasteiger partial charge is 0.247 e. The number of nitrogens with one attached hydrogen (secondary N) is 1. The molecule has 9 heteroatoms. The van der Waals surface area contributed by atoms with Gasteiger partial charge in [0.2, 0.25) is 11.8 Å². The Morgan fingerprint density at radius 2 is 2.07 bits per heavy atom. The molecule has 1 N–H and O–H groups in total. The molecule has 0 spiro atoms. The van der Waals surface area contributed by atoms with Crippen LogP contribution in [0.4, 0.5) is 0 Å². The lowest BCUT2D eigenvalue weighted by Gasteiger charge is -2.31. The van der Waals surface area contributed by atoms with Gasteiger partial charge >= 0.3 is 0 Å². The van der Waals surface area contributed by atoms with E-state index >= 15 is 0 Å². The van der Waals surface area contributed by atoms with Gasteiger partial charge in [0.1, 0.15) is 18.3 Å². The number of aryl methyl sites for hydroxylation is 1. The number of carbonyl (C=O) groups is 2. The molecule has 0 aliphatic carbocycles. The zero-order chi connectivity index (χ0) is 20.4. The van der Waals surface area contributed by atoms with Gasteiger partial charge in [0.05, 0.1) is 25.0 Å². The van der Waals surface area contributed by atoms with E-state index in [2.05, 4.69) is 20.7 Å². The van der Waals surface area contributed by atoms with Gasteiger partial charge in [-0.25, -0.2) is 4.68 Å². The van der Waals surface area contributed by atoms with Crippen LogP contribution in [0.25, 0.3) is 0 Å². The SMILES string of the molecule is Cc1cnn(CC(=O)NCc2nnn3c2CN(Cc2ccccc2)C(=O)C3C)c1. The normalized spacial score (nSPS) is 16.0. The molecule has 1 aliphatic rings. The van der Waals surface area contributed by atoms with Crippen LogP contribution in [0.2, 0.25) is 0 Å². The van der Waals surface area contributed by atoms with Crippen LogP contribution in [-0.4, -0.2) is 41.5 Å². The number of fused-ring (bicyclic) bond motifs is 1. The molecule has 2 amide bonds. The maximum atomic E-state index is 12.7. The first-order valence-electron chi connectivity index (χ1n) is 9.52. The summed E-state index contributed by atoms with van der Waals surface area (Å²) in [4.78, 5) is 26.7. The van der Waals surface area contributed by atoms with E-state index in [0.717, 1.165) is 16.8 Å². The van der Waals surface area contributed by atoms with Crippen LogP contribution in [0.15, 0.2) is 42.7 Å². The fourth-order valence-electron chi connectivity index (χ4n) is 3.46. The summed E-state index contributed by atoms with van der Waals surface area (Å²) in [6.07, 6.45) is 3.52. The Morgan fingerprint density at radius 1 is 1.28 bits per heavy atom. The quantitative estimate of drug-likeness (QED) is 0.679. The van der Waals surface area contributed by atoms with Gasteiger partial charge in [-0.15, -0.1) is 5.10 Å². The standard InChI is InChI=1S/C20H23N7O2/c1-14-8-22-26(10-14)13-19(28)21-9-17-18-12-25(11-16-6-4-3-5-7-16)20(29)15(2)27(18)24-23-17/h3-8,10,15H,9,11-13H2,1-2H3,(H,21,28). The molecule has 1 aromatic carbocycles. The number of amides is 2. The molecule has 0 radical (unpaired) electrons. The molecule has 0 saturated carbocycles. The van der Waals surface area contributed by atoms with Gasteiger partial charge < -0.3 is 10.2 Å². The zero-order valence-electron chi connectivity index (χ0n) is 16.4. The van der Waals surface area contributed by atoms with Gasteiger partial charge in [0.25, 0.3) is 0 Å². The summed E-state index contributed by atoms with van der Waals surface area (Å²) in [5.74, 6) is -0.146. The molecule has 1 aliphatic heterocycles. The molecule has 4 rings (SSSR count). The first kappa shape index (κ1) is 18.9. The van der Waals surface area contributed by atoms with Crippen LogP contribution in [0, 0.1) is 6.92 Å². The monoisotopic (exact) mass is 393 g/mol. The van der Waals surface area contributed by atoms with Crippen molar-refractivity contribution in [3.8, 4) is 0 Å². The summed E-state index contributed by atoms with van der Waals surface area (Å²) in [6.45, 7) is 5.09. The highest BCUT2D eigenvalue weighted by Crippen LogP contribution is 2.24. The first-order chi connectivity index (χ1) is 14.0. The number of carbonyl (C=O) groups excluding carboxylic acids is 2. The summed E-state index contributed by atoms with van der Waals surface area (Å²) < 4.78 is 3.25. The number of hydrogen-bond donors (Lipinski definition) is 1. The molecule has 3 heterocycles. The van der Waals surface area contributed by atoms with Gasteiger partial charge in [-0.1, -0.05) is 35.5 Å². The Balaban J connectivity index is 1.44. The molecule has 0 saturated heterocycles. The third-order valence-corrected chi connectivity index (χ3v) is 4.99. The molecule has 29 heavy (non-hydrogen) atoms. The molecule has 1 unspecified atom stereocenters. The third-order valence-electron chi connectivity index (χ3n) is 4.99. The predicted molar refractivity (Wildman–Crippen MR) is 104 cm³/mol. The largest absolute Gasteiger partial charge is 0.349 e. The highest BCUT2D eigenvalue weighted by Gasteiger charge is 2.33. The molecule has 2 aromatic heterocycles. The second-order valence-electron chi connectivity index (χ2n) is 7.28. The summed E-state index contributed by atoms with van der Waals surface area (Å²) in [5, 5.41) is 15.3. The zero-order valence-corrected chi connectivity index (χ0v) is 16.4. The number of aromatic nitrogens is 5. The lowest BCUT2D eigenvalue weighted by molar-refractivity contribution is -0.138. The highest BCUT2D eigenvalue weighted by molar-refractivity contribution is 5.81. The third kappa shape index (κ3) is 4.03. The molecule has 150 valence electrons. The lowest BCUT2D eigenvalue weighted by atomic mass is 10.1. The Kier molecular flexibility index (Phi) is 5.11. The van der Waals surface area contributed by atoms with Gasteiger partial charge in [-0.3, -0.25) is 14.3 Å². The maximum Gasteiger partial charge on any atom is 0.247 e. The minimum Gasteiger partial charge on any atom is -0.349 e. The van der Waals surface area contributed by atoms with E-state index in [4.69, 9.17) is 0 Å². The van der Waals surface area contributed by atoms with E-state index in [1.54, 1.807) is 20.5 Å². The minimum absolute atomic E-state index is 0.0101. The van der Waals surface area contributed by atoms with E-state index < -0.39 is 6.04 Å². The number of benzene rings is 1. The van der Waals surface area contributed by atoms with Gasteiger partial charge in [-0.2, -0.15) is 5.10 Å². The molecule has 0 fully saturated rings.